The molecular weight excluding hydrogens is 514 g/mol. The van der Waals surface area contributed by atoms with Crippen molar-refractivity contribution >= 4 is 40.5 Å². The fourth-order valence-electron chi connectivity index (χ4n) is 3.30. The molecule has 0 saturated heterocycles. The van der Waals surface area contributed by atoms with Crippen LogP contribution in [-0.2, 0) is 6.42 Å². The minimum Gasteiger partial charge on any atom is -0.497 e. The second-order valence-corrected chi connectivity index (χ2v) is 8.56. The summed E-state index contributed by atoms with van der Waals surface area (Å²) in [6.45, 7) is 2.33. The van der Waals surface area contributed by atoms with E-state index in [4.69, 9.17) is 9.47 Å². The summed E-state index contributed by atoms with van der Waals surface area (Å²) in [4.78, 5) is 25.8. The van der Waals surface area contributed by atoms with Crippen molar-refractivity contribution < 1.29 is 19.1 Å². The third kappa shape index (κ3) is 8.01. The summed E-state index contributed by atoms with van der Waals surface area (Å²) < 4.78 is 10.7. The maximum Gasteiger partial charge on any atom is 0.343 e. The van der Waals surface area contributed by atoms with Crippen molar-refractivity contribution in [1.82, 2.24) is 5.32 Å². The molecule has 1 N–H and O–H groups in total. The van der Waals surface area contributed by atoms with Gasteiger partial charge in [0.05, 0.1) is 24.1 Å². The first-order valence-corrected chi connectivity index (χ1v) is 12.1. The van der Waals surface area contributed by atoms with Crippen LogP contribution in [0.4, 0.5) is 0 Å². The third-order valence-electron chi connectivity index (χ3n) is 5.33. The van der Waals surface area contributed by atoms with E-state index in [0.29, 0.717) is 16.9 Å². The molecule has 3 aromatic rings. The molecule has 0 aromatic heterocycles. The van der Waals surface area contributed by atoms with Crippen molar-refractivity contribution in [2.45, 2.75) is 30.7 Å². The van der Waals surface area contributed by atoms with Crippen LogP contribution in [0.25, 0.3) is 0 Å². The highest BCUT2D eigenvalue weighted by molar-refractivity contribution is 8.93. The first-order valence-electron chi connectivity index (χ1n) is 10.8. The summed E-state index contributed by atoms with van der Waals surface area (Å²) in [7, 11) is 1.66. The molecular formula is C27H30BrNO4S. The van der Waals surface area contributed by atoms with Gasteiger partial charge >= 0.3 is 5.97 Å². The Morgan fingerprint density at radius 2 is 1.68 bits per heavy atom. The molecule has 1 unspecified atom stereocenters. The summed E-state index contributed by atoms with van der Waals surface area (Å²) in [5.41, 5.74) is 2.31. The highest BCUT2D eigenvalue weighted by Crippen LogP contribution is 2.29. The van der Waals surface area contributed by atoms with E-state index in [0.717, 1.165) is 23.5 Å². The number of Topliss-reactive ketones (excluding diaryl/α,β-unsaturated/α-hetero) is 1. The van der Waals surface area contributed by atoms with Gasteiger partial charge in [-0.3, -0.25) is 4.79 Å². The van der Waals surface area contributed by atoms with Gasteiger partial charge in [0, 0.05) is 11.6 Å². The van der Waals surface area contributed by atoms with Crippen LogP contribution < -0.4 is 14.8 Å². The van der Waals surface area contributed by atoms with Crippen molar-refractivity contribution in [2.75, 3.05) is 19.9 Å². The number of rotatable bonds is 11. The number of carbonyl (C=O) groups is 2. The lowest BCUT2D eigenvalue weighted by Gasteiger charge is -2.14. The lowest BCUT2D eigenvalue weighted by molar-refractivity contribution is 0.0730. The van der Waals surface area contributed by atoms with E-state index >= 15 is 0 Å². The molecule has 0 spiro atoms. The summed E-state index contributed by atoms with van der Waals surface area (Å²) in [6.07, 6.45) is 3.73. The normalized spacial score (nSPS) is 11.3. The van der Waals surface area contributed by atoms with E-state index in [1.165, 1.54) is 17.3 Å². The predicted octanol–water partition coefficient (Wildman–Crippen LogP) is 6.01. The van der Waals surface area contributed by atoms with Crippen LogP contribution >= 0.6 is 28.7 Å². The Morgan fingerprint density at radius 1 is 0.971 bits per heavy atom. The van der Waals surface area contributed by atoms with Crippen molar-refractivity contribution in [2.24, 2.45) is 0 Å². The number of carbonyl (C=O) groups excluding carboxylic acids is 2. The Morgan fingerprint density at radius 3 is 2.32 bits per heavy atom. The molecule has 0 heterocycles. The Balaban J connectivity index is 0.00000408. The Kier molecular flexibility index (Phi) is 11.3. The molecule has 7 heteroatoms. The molecule has 3 rings (SSSR count). The largest absolute Gasteiger partial charge is 0.497 e. The van der Waals surface area contributed by atoms with Gasteiger partial charge in [-0.05, 0) is 74.0 Å². The second kappa shape index (κ2) is 13.9. The van der Waals surface area contributed by atoms with Crippen molar-refractivity contribution in [3.63, 3.8) is 0 Å². The Hall–Kier alpha value is -2.61. The lowest BCUT2D eigenvalue weighted by Crippen LogP contribution is -2.31. The number of aryl methyl sites for hydroxylation is 1. The average molecular weight is 545 g/mol. The zero-order chi connectivity index (χ0) is 23.6. The van der Waals surface area contributed by atoms with Gasteiger partial charge in [0.25, 0.3) is 0 Å². The summed E-state index contributed by atoms with van der Waals surface area (Å²) in [6, 6.07) is 22.3. The summed E-state index contributed by atoms with van der Waals surface area (Å²) >= 11 is 1.44. The number of nitrogens with one attached hydrogen (secondary N) is 1. The van der Waals surface area contributed by atoms with E-state index in [2.05, 4.69) is 24.4 Å². The molecule has 0 aliphatic carbocycles. The Labute approximate surface area is 216 Å². The molecule has 0 bridgehead atoms. The molecule has 0 amide bonds. The first-order chi connectivity index (χ1) is 16.0. The molecule has 0 radical (unpaired) electrons. The van der Waals surface area contributed by atoms with Gasteiger partial charge in [0.15, 0.2) is 5.78 Å². The maximum absolute atomic E-state index is 12.7. The number of halogens is 1. The quantitative estimate of drug-likeness (QED) is 0.138. The van der Waals surface area contributed by atoms with Gasteiger partial charge in [-0.2, -0.15) is 0 Å². The maximum atomic E-state index is 12.7. The topological polar surface area (TPSA) is 64.6 Å². The fraction of sp³-hybridized carbons (Fsp3) is 0.259. The zero-order valence-electron chi connectivity index (χ0n) is 19.6. The minimum atomic E-state index is -0.419. The predicted molar refractivity (Wildman–Crippen MR) is 143 cm³/mol. The monoisotopic (exact) mass is 543 g/mol. The van der Waals surface area contributed by atoms with Gasteiger partial charge in [0.1, 0.15) is 11.5 Å². The molecule has 3 aromatic carbocycles. The second-order valence-electron chi connectivity index (χ2n) is 7.71. The number of ether oxygens (including phenoxy) is 2. The highest BCUT2D eigenvalue weighted by Gasteiger charge is 2.15. The van der Waals surface area contributed by atoms with E-state index in [-0.39, 0.29) is 35.4 Å². The van der Waals surface area contributed by atoms with Gasteiger partial charge in [0.2, 0.25) is 0 Å². The molecule has 0 fully saturated rings. The third-order valence-corrected chi connectivity index (χ3v) is 6.09. The van der Waals surface area contributed by atoms with Crippen LogP contribution in [0, 0.1) is 0 Å². The molecule has 0 aliphatic rings. The number of hydrogen-bond acceptors (Lipinski definition) is 6. The molecule has 5 nitrogen and oxygen atoms in total. The van der Waals surface area contributed by atoms with E-state index in [9.17, 15) is 9.59 Å². The van der Waals surface area contributed by atoms with Crippen molar-refractivity contribution in [3.05, 3.63) is 89.5 Å². The number of ketones is 1. The van der Waals surface area contributed by atoms with Gasteiger partial charge in [-0.15, -0.1) is 28.7 Å². The van der Waals surface area contributed by atoms with E-state index < -0.39 is 5.97 Å². The van der Waals surface area contributed by atoms with Crippen LogP contribution in [-0.4, -0.2) is 37.7 Å². The van der Waals surface area contributed by atoms with Crippen LogP contribution in [0.2, 0.25) is 0 Å². The van der Waals surface area contributed by atoms with Crippen LogP contribution in [0.5, 0.6) is 11.5 Å². The number of esters is 1. The fourth-order valence-corrected chi connectivity index (χ4v) is 3.86. The SMILES string of the molecule is Br.COc1ccc(CCC(C)NCC(=O)c2ccc(OC(=O)c3ccccc3)c(SC)c2)cc1. The lowest BCUT2D eigenvalue weighted by atomic mass is 10.1. The van der Waals surface area contributed by atoms with Crippen molar-refractivity contribution in [3.8, 4) is 11.5 Å². The van der Waals surface area contributed by atoms with Crippen molar-refractivity contribution in [1.29, 1.82) is 0 Å². The van der Waals surface area contributed by atoms with E-state index in [1.54, 1.807) is 49.6 Å². The molecule has 0 saturated carbocycles. The van der Waals surface area contributed by atoms with Crippen LogP contribution in [0.3, 0.4) is 0 Å². The number of benzene rings is 3. The molecule has 34 heavy (non-hydrogen) atoms. The number of methoxy groups -OCH3 is 1. The van der Waals surface area contributed by atoms with Crippen LogP contribution in [0.15, 0.2) is 77.7 Å². The van der Waals surface area contributed by atoms with E-state index in [1.807, 2.05) is 24.5 Å². The standard InChI is InChI=1S/C27H29NO4S.BrH/c1-19(9-10-20-11-14-23(31-2)15-12-20)28-18-24(29)22-13-16-25(26(17-22)33-3)32-27(30)21-7-5-4-6-8-21;/h4-8,11-17,19,28H,9-10,18H2,1-3H3;1H. The molecule has 180 valence electrons. The summed E-state index contributed by atoms with van der Waals surface area (Å²) in [5, 5.41) is 3.31. The summed E-state index contributed by atoms with van der Waals surface area (Å²) in [5.74, 6) is 0.884. The highest BCUT2D eigenvalue weighted by atomic mass is 79.9. The van der Waals surface area contributed by atoms with Gasteiger partial charge in [-0.1, -0.05) is 30.3 Å². The first kappa shape index (κ1) is 27.6. The number of thioether (sulfide) groups is 1. The number of hydrogen-bond donors (Lipinski definition) is 1. The zero-order valence-corrected chi connectivity index (χ0v) is 22.1. The Bertz CT molecular complexity index is 1070. The van der Waals surface area contributed by atoms with Gasteiger partial charge < -0.3 is 14.8 Å². The smallest absolute Gasteiger partial charge is 0.343 e. The van der Waals surface area contributed by atoms with Crippen LogP contribution in [0.1, 0.15) is 39.6 Å². The average Bonchev–Trinajstić information content (AvgIpc) is 2.87. The van der Waals surface area contributed by atoms with Gasteiger partial charge in [-0.25, -0.2) is 4.79 Å². The molecule has 0 aliphatic heterocycles. The molecule has 1 atom stereocenters. The minimum absolute atomic E-state index is 0.